The van der Waals surface area contributed by atoms with Crippen LogP contribution in [0.5, 0.6) is 0 Å². The van der Waals surface area contributed by atoms with Gasteiger partial charge in [-0.25, -0.2) is 14.6 Å². The molecule has 1 fully saturated rings. The van der Waals surface area contributed by atoms with Crippen LogP contribution in [0.15, 0.2) is 22.6 Å². The monoisotopic (exact) mass is 541 g/mol. The van der Waals surface area contributed by atoms with Crippen LogP contribution < -0.4 is 11.1 Å². The maximum atomic E-state index is 13.1. The number of nitrogen functional groups attached to an aromatic ring is 1. The van der Waals surface area contributed by atoms with Gasteiger partial charge in [0.1, 0.15) is 24.2 Å². The Morgan fingerprint density at radius 1 is 1.28 bits per heavy atom. The van der Waals surface area contributed by atoms with E-state index in [4.69, 9.17) is 24.8 Å². The van der Waals surface area contributed by atoms with Gasteiger partial charge in [0.05, 0.1) is 11.0 Å². The Labute approximate surface area is 215 Å². The first-order valence-corrected chi connectivity index (χ1v) is 12.8. The first-order chi connectivity index (χ1) is 17.1. The number of thiazole rings is 1. The second-order valence-corrected chi connectivity index (χ2v) is 10.0. The van der Waals surface area contributed by atoms with E-state index in [0.29, 0.717) is 22.6 Å². The number of nitrogens with two attached hydrogens (primary N) is 1. The van der Waals surface area contributed by atoms with Crippen molar-refractivity contribution in [2.75, 3.05) is 18.6 Å². The Bertz CT molecular complexity index is 1100. The summed E-state index contributed by atoms with van der Waals surface area (Å²) in [6.45, 7) is 6.51. The van der Waals surface area contributed by atoms with Crippen molar-refractivity contribution >= 4 is 57.9 Å². The molecule has 3 unspecified atom stereocenters. The normalized spacial score (nSPS) is 20.3. The number of esters is 1. The smallest absolute Gasteiger partial charge is 0.431 e. The zero-order chi connectivity index (χ0) is 26.6. The molecule has 0 aliphatic carbocycles. The molecule has 3 atom stereocenters. The Balaban J connectivity index is 1.71. The molecule has 2 aliphatic heterocycles. The SMILES string of the molecule is CCC1=C(C(=O)OC(C)OC(=O)OC(C)C)N2C(=O)C(NC(=O)/C(=N\OC)c3cnc(N)s3)C2SC1. The first-order valence-electron chi connectivity index (χ1n) is 11.0. The maximum absolute atomic E-state index is 13.1. The number of carbonyl (C=O) groups is 4. The van der Waals surface area contributed by atoms with Gasteiger partial charge in [0.15, 0.2) is 10.8 Å². The third-order valence-corrected chi connectivity index (χ3v) is 7.15. The van der Waals surface area contributed by atoms with Crippen molar-refractivity contribution in [3.63, 3.8) is 0 Å². The highest BCUT2D eigenvalue weighted by atomic mass is 32.2. The molecular formula is C21H27N5O8S2. The van der Waals surface area contributed by atoms with E-state index in [2.05, 4.69) is 15.5 Å². The number of carbonyl (C=O) groups excluding carboxylic acids is 4. The van der Waals surface area contributed by atoms with Crippen LogP contribution >= 0.6 is 23.1 Å². The molecule has 15 heteroatoms. The molecule has 13 nitrogen and oxygen atoms in total. The molecule has 1 aromatic rings. The second kappa shape index (κ2) is 11.6. The third kappa shape index (κ3) is 5.90. The van der Waals surface area contributed by atoms with E-state index in [1.54, 1.807) is 13.8 Å². The lowest BCUT2D eigenvalue weighted by molar-refractivity contribution is -0.169. The minimum absolute atomic E-state index is 0.0745. The van der Waals surface area contributed by atoms with Gasteiger partial charge >= 0.3 is 12.1 Å². The number of hydrogen-bond acceptors (Lipinski definition) is 13. The standard InChI is InChI=1S/C21H27N5O8S2/c1-6-11-8-35-18-14(24-16(27)13(25-31-5)12-7-23-20(22)36-12)17(28)26(18)15(11)19(29)33-10(4)34-21(30)32-9(2)3/h7,9-10,14,18H,6,8H2,1-5H3,(H2,22,23)(H,24,27)/b25-13-. The number of anilines is 1. The summed E-state index contributed by atoms with van der Waals surface area (Å²) in [7, 11) is 1.28. The van der Waals surface area contributed by atoms with Crippen molar-refractivity contribution in [1.82, 2.24) is 15.2 Å². The fourth-order valence-corrected chi connectivity index (χ4v) is 5.54. The Kier molecular flexibility index (Phi) is 8.79. The average molecular weight is 542 g/mol. The third-order valence-electron chi connectivity index (χ3n) is 4.98. The number of oxime groups is 1. The number of rotatable bonds is 9. The van der Waals surface area contributed by atoms with E-state index in [-0.39, 0.29) is 16.5 Å². The van der Waals surface area contributed by atoms with Crippen molar-refractivity contribution in [1.29, 1.82) is 0 Å². The number of aromatic nitrogens is 1. The van der Waals surface area contributed by atoms with Crippen LogP contribution in [0.2, 0.25) is 0 Å². The molecule has 0 saturated carbocycles. The summed E-state index contributed by atoms with van der Waals surface area (Å²) in [5, 5.41) is 6.09. The predicted molar refractivity (Wildman–Crippen MR) is 131 cm³/mol. The summed E-state index contributed by atoms with van der Waals surface area (Å²) < 4.78 is 15.1. The van der Waals surface area contributed by atoms with Gasteiger partial charge in [-0.15, -0.1) is 11.8 Å². The lowest BCUT2D eigenvalue weighted by Gasteiger charge is -2.49. The molecular weight excluding hydrogens is 514 g/mol. The number of β-lactam (4-membered cyclic amide) rings is 1. The number of thioether (sulfide) groups is 1. The van der Waals surface area contributed by atoms with Crippen LogP contribution in [0.4, 0.5) is 9.93 Å². The van der Waals surface area contributed by atoms with E-state index in [1.165, 1.54) is 36.9 Å². The number of ether oxygens (including phenoxy) is 3. The summed E-state index contributed by atoms with van der Waals surface area (Å²) in [6, 6.07) is -0.911. The summed E-state index contributed by atoms with van der Waals surface area (Å²) in [4.78, 5) is 61.0. The fourth-order valence-electron chi connectivity index (χ4n) is 3.42. The van der Waals surface area contributed by atoms with Crippen molar-refractivity contribution in [2.24, 2.45) is 5.16 Å². The first kappa shape index (κ1) is 27.3. The number of amides is 2. The highest BCUT2D eigenvalue weighted by Crippen LogP contribution is 2.41. The van der Waals surface area contributed by atoms with E-state index >= 15 is 0 Å². The predicted octanol–water partition coefficient (Wildman–Crippen LogP) is 1.59. The van der Waals surface area contributed by atoms with Crippen LogP contribution in [0.3, 0.4) is 0 Å². The molecule has 3 N–H and O–H groups in total. The van der Waals surface area contributed by atoms with Gasteiger partial charge in [-0.1, -0.05) is 23.4 Å². The fraction of sp³-hybridized carbons (Fsp3) is 0.524. The molecule has 1 aromatic heterocycles. The van der Waals surface area contributed by atoms with E-state index in [1.807, 2.05) is 6.92 Å². The second-order valence-electron chi connectivity index (χ2n) is 7.86. The van der Waals surface area contributed by atoms with Gasteiger partial charge in [-0.2, -0.15) is 0 Å². The molecule has 2 amide bonds. The Hall–Kier alpha value is -3.33. The molecule has 1 saturated heterocycles. The van der Waals surface area contributed by atoms with Gasteiger partial charge < -0.3 is 30.1 Å². The molecule has 3 rings (SSSR count). The average Bonchev–Trinajstić information content (AvgIpc) is 3.24. The van der Waals surface area contributed by atoms with E-state index < -0.39 is 47.7 Å². The van der Waals surface area contributed by atoms with Gasteiger partial charge in [-0.3, -0.25) is 14.5 Å². The van der Waals surface area contributed by atoms with Gasteiger partial charge in [0.25, 0.3) is 11.8 Å². The molecule has 0 aromatic carbocycles. The molecule has 196 valence electrons. The molecule has 0 bridgehead atoms. The Morgan fingerprint density at radius 2 is 2.00 bits per heavy atom. The summed E-state index contributed by atoms with van der Waals surface area (Å²) >= 11 is 2.44. The van der Waals surface area contributed by atoms with Gasteiger partial charge in [-0.05, 0) is 25.8 Å². The molecule has 2 aliphatic rings. The molecule has 36 heavy (non-hydrogen) atoms. The van der Waals surface area contributed by atoms with Gasteiger partial charge in [0, 0.05) is 18.9 Å². The summed E-state index contributed by atoms with van der Waals surface area (Å²) in [5.41, 5.74) is 6.33. The number of fused-ring (bicyclic) bond motifs is 1. The largest absolute Gasteiger partial charge is 0.511 e. The van der Waals surface area contributed by atoms with Crippen LogP contribution in [-0.4, -0.2) is 76.2 Å². The van der Waals surface area contributed by atoms with E-state index in [9.17, 15) is 19.2 Å². The lowest BCUT2D eigenvalue weighted by atomic mass is 10.0. The number of hydrogen-bond donors (Lipinski definition) is 2. The maximum Gasteiger partial charge on any atom is 0.511 e. The minimum Gasteiger partial charge on any atom is -0.431 e. The molecule has 0 radical (unpaired) electrons. The van der Waals surface area contributed by atoms with Crippen LogP contribution in [0, 0.1) is 0 Å². The zero-order valence-electron chi connectivity index (χ0n) is 20.3. The number of nitrogens with one attached hydrogen (secondary N) is 1. The van der Waals surface area contributed by atoms with Crippen molar-refractivity contribution < 1.29 is 38.2 Å². The number of nitrogens with zero attached hydrogens (tertiary/aromatic N) is 3. The van der Waals surface area contributed by atoms with Crippen LogP contribution in [0.1, 0.15) is 39.0 Å². The Morgan fingerprint density at radius 3 is 2.58 bits per heavy atom. The lowest BCUT2D eigenvalue weighted by Crippen LogP contribution is -2.71. The highest BCUT2D eigenvalue weighted by Gasteiger charge is 2.54. The van der Waals surface area contributed by atoms with Crippen molar-refractivity contribution in [3.05, 3.63) is 22.3 Å². The summed E-state index contributed by atoms with van der Waals surface area (Å²) in [5.74, 6) is -1.52. The van der Waals surface area contributed by atoms with Gasteiger partial charge in [0.2, 0.25) is 6.29 Å². The van der Waals surface area contributed by atoms with Crippen molar-refractivity contribution in [3.8, 4) is 0 Å². The quantitative estimate of drug-likeness (QED) is 0.153. The molecule has 0 spiro atoms. The minimum atomic E-state index is -1.24. The van der Waals surface area contributed by atoms with Crippen molar-refractivity contribution in [2.45, 2.75) is 57.9 Å². The highest BCUT2D eigenvalue weighted by molar-refractivity contribution is 8.00. The van der Waals surface area contributed by atoms with E-state index in [0.717, 1.165) is 11.3 Å². The van der Waals surface area contributed by atoms with Crippen LogP contribution in [-0.2, 0) is 33.4 Å². The zero-order valence-corrected chi connectivity index (χ0v) is 21.9. The molecule has 3 heterocycles. The topological polar surface area (TPSA) is 172 Å². The summed E-state index contributed by atoms with van der Waals surface area (Å²) in [6.07, 6.45) is -0.751. The van der Waals surface area contributed by atoms with Crippen LogP contribution in [0.25, 0.3) is 0 Å².